The van der Waals surface area contributed by atoms with Crippen molar-refractivity contribution in [1.29, 1.82) is 0 Å². The van der Waals surface area contributed by atoms with Gasteiger partial charge in [-0.25, -0.2) is 0 Å². The molecule has 1 aliphatic heterocycles. The van der Waals surface area contributed by atoms with E-state index in [0.29, 0.717) is 17.9 Å². The summed E-state index contributed by atoms with van der Waals surface area (Å²) in [6, 6.07) is 7.17. The van der Waals surface area contributed by atoms with Gasteiger partial charge in [-0.2, -0.15) is 0 Å². The molecule has 17 heavy (non-hydrogen) atoms. The van der Waals surface area contributed by atoms with E-state index in [1.165, 1.54) is 0 Å². The Labute approximate surface area is 101 Å². The maximum atomic E-state index is 11.9. The van der Waals surface area contributed by atoms with E-state index in [2.05, 4.69) is 5.32 Å². The first kappa shape index (κ1) is 11.9. The highest BCUT2D eigenvalue weighted by Gasteiger charge is 2.21. The third-order valence-electron chi connectivity index (χ3n) is 2.99. The predicted molar refractivity (Wildman–Crippen MR) is 66.8 cm³/mol. The Morgan fingerprint density at radius 1 is 1.41 bits per heavy atom. The van der Waals surface area contributed by atoms with E-state index in [1.54, 1.807) is 24.3 Å². The predicted octanol–water partition coefficient (Wildman–Crippen LogP) is 1.57. The number of nitrogens with two attached hydrogens (primary N) is 1. The number of carbonyl (C=O) groups excluding carboxylic acids is 1. The minimum Gasteiger partial charge on any atom is -0.399 e. The smallest absolute Gasteiger partial charge is 0.251 e. The molecule has 1 fully saturated rings. The summed E-state index contributed by atoms with van der Waals surface area (Å²) in [6.45, 7) is 2.75. The first-order valence-electron chi connectivity index (χ1n) is 5.93. The van der Waals surface area contributed by atoms with Gasteiger partial charge in [0.1, 0.15) is 0 Å². The van der Waals surface area contributed by atoms with E-state index in [-0.39, 0.29) is 18.1 Å². The molecule has 2 unspecified atom stereocenters. The van der Waals surface area contributed by atoms with Gasteiger partial charge in [0.2, 0.25) is 0 Å². The van der Waals surface area contributed by atoms with Crippen molar-refractivity contribution in [3.05, 3.63) is 29.8 Å². The van der Waals surface area contributed by atoms with Gasteiger partial charge in [0, 0.05) is 23.9 Å². The van der Waals surface area contributed by atoms with Crippen molar-refractivity contribution in [3.63, 3.8) is 0 Å². The average Bonchev–Trinajstić information content (AvgIpc) is 2.29. The Kier molecular flexibility index (Phi) is 3.64. The highest BCUT2D eigenvalue weighted by Crippen LogP contribution is 2.14. The number of rotatable bonds is 2. The van der Waals surface area contributed by atoms with Crippen LogP contribution in [0, 0.1) is 0 Å². The molecule has 1 amide bonds. The quantitative estimate of drug-likeness (QED) is 0.763. The monoisotopic (exact) mass is 234 g/mol. The maximum Gasteiger partial charge on any atom is 0.251 e. The molecule has 3 N–H and O–H groups in total. The lowest BCUT2D eigenvalue weighted by atomic mass is 10.0. The summed E-state index contributed by atoms with van der Waals surface area (Å²) in [5, 5.41) is 3.03. The molecular weight excluding hydrogens is 216 g/mol. The Hall–Kier alpha value is -1.55. The lowest BCUT2D eigenvalue weighted by Gasteiger charge is -2.27. The molecule has 4 heteroatoms. The van der Waals surface area contributed by atoms with Crippen molar-refractivity contribution in [2.45, 2.75) is 31.9 Å². The number of carbonyl (C=O) groups is 1. The molecule has 0 saturated carbocycles. The molecule has 1 heterocycles. The number of benzene rings is 1. The highest BCUT2D eigenvalue weighted by molar-refractivity contribution is 5.94. The van der Waals surface area contributed by atoms with Gasteiger partial charge >= 0.3 is 0 Å². The van der Waals surface area contributed by atoms with Crippen molar-refractivity contribution < 1.29 is 9.53 Å². The minimum atomic E-state index is -0.0379. The molecule has 4 nitrogen and oxygen atoms in total. The average molecular weight is 234 g/mol. The second kappa shape index (κ2) is 5.19. The van der Waals surface area contributed by atoms with Crippen LogP contribution < -0.4 is 11.1 Å². The molecule has 0 spiro atoms. The fourth-order valence-corrected chi connectivity index (χ4v) is 2.03. The van der Waals surface area contributed by atoms with Gasteiger partial charge in [0.15, 0.2) is 0 Å². The van der Waals surface area contributed by atoms with Crippen molar-refractivity contribution in [1.82, 2.24) is 5.32 Å². The van der Waals surface area contributed by atoms with Gasteiger partial charge in [-0.3, -0.25) is 4.79 Å². The van der Waals surface area contributed by atoms with Crippen LogP contribution >= 0.6 is 0 Å². The van der Waals surface area contributed by atoms with E-state index in [0.717, 1.165) is 12.8 Å². The number of hydrogen-bond donors (Lipinski definition) is 2. The normalized spacial score (nSPS) is 24.3. The molecule has 0 aromatic heterocycles. The summed E-state index contributed by atoms with van der Waals surface area (Å²) in [7, 11) is 0. The third kappa shape index (κ3) is 3.20. The fraction of sp³-hybridized carbons (Fsp3) is 0.462. The van der Waals surface area contributed by atoms with Crippen molar-refractivity contribution in [2.24, 2.45) is 0 Å². The molecule has 1 aliphatic rings. The molecular formula is C13H18N2O2. The second-order valence-corrected chi connectivity index (χ2v) is 4.50. The van der Waals surface area contributed by atoms with Crippen LogP contribution in [0.5, 0.6) is 0 Å². The van der Waals surface area contributed by atoms with Gasteiger partial charge in [-0.1, -0.05) is 0 Å². The van der Waals surface area contributed by atoms with Gasteiger partial charge in [-0.05, 0) is 44.0 Å². The summed E-state index contributed by atoms with van der Waals surface area (Å²) in [5.41, 5.74) is 6.90. The zero-order chi connectivity index (χ0) is 12.3. The third-order valence-corrected chi connectivity index (χ3v) is 2.99. The van der Waals surface area contributed by atoms with E-state index < -0.39 is 0 Å². The van der Waals surface area contributed by atoms with Crippen molar-refractivity contribution >= 4 is 11.6 Å². The molecule has 2 atom stereocenters. The summed E-state index contributed by atoms with van der Waals surface area (Å²) in [5.74, 6) is -0.0379. The van der Waals surface area contributed by atoms with Crippen molar-refractivity contribution in [3.8, 4) is 0 Å². The SMILES string of the molecule is CC1CC(NC(=O)c2ccc(N)cc2)CCO1. The molecule has 1 saturated heterocycles. The summed E-state index contributed by atoms with van der Waals surface area (Å²) < 4.78 is 5.44. The van der Waals surface area contributed by atoms with E-state index in [1.807, 2.05) is 6.92 Å². The topological polar surface area (TPSA) is 64.4 Å². The number of ether oxygens (including phenoxy) is 1. The standard InChI is InChI=1S/C13H18N2O2/c1-9-8-12(6-7-17-9)15-13(16)10-2-4-11(14)5-3-10/h2-5,9,12H,6-8,14H2,1H3,(H,15,16). The fourth-order valence-electron chi connectivity index (χ4n) is 2.03. The van der Waals surface area contributed by atoms with E-state index in [9.17, 15) is 4.79 Å². The van der Waals surface area contributed by atoms with E-state index in [4.69, 9.17) is 10.5 Å². The molecule has 1 aromatic rings. The van der Waals surface area contributed by atoms with Gasteiger partial charge in [0.25, 0.3) is 5.91 Å². The molecule has 92 valence electrons. The Balaban J connectivity index is 1.94. The molecule has 2 rings (SSSR count). The van der Waals surface area contributed by atoms with Crippen LogP contribution in [-0.2, 0) is 4.74 Å². The summed E-state index contributed by atoms with van der Waals surface area (Å²) in [4.78, 5) is 11.9. The maximum absolute atomic E-state index is 11.9. The second-order valence-electron chi connectivity index (χ2n) is 4.50. The van der Waals surface area contributed by atoms with Gasteiger partial charge in [0.05, 0.1) is 6.10 Å². The zero-order valence-corrected chi connectivity index (χ0v) is 9.98. The Morgan fingerprint density at radius 2 is 2.12 bits per heavy atom. The van der Waals surface area contributed by atoms with Crippen molar-refractivity contribution in [2.75, 3.05) is 12.3 Å². The first-order valence-corrected chi connectivity index (χ1v) is 5.93. The van der Waals surface area contributed by atoms with Gasteiger partial charge < -0.3 is 15.8 Å². The van der Waals surface area contributed by atoms with Crippen LogP contribution in [0.3, 0.4) is 0 Å². The van der Waals surface area contributed by atoms with Crippen LogP contribution in [0.25, 0.3) is 0 Å². The zero-order valence-electron chi connectivity index (χ0n) is 9.98. The van der Waals surface area contributed by atoms with Crippen LogP contribution in [0.4, 0.5) is 5.69 Å². The lowest BCUT2D eigenvalue weighted by Crippen LogP contribution is -2.41. The molecule has 0 bridgehead atoms. The summed E-state index contributed by atoms with van der Waals surface area (Å²) >= 11 is 0. The molecule has 0 radical (unpaired) electrons. The lowest BCUT2D eigenvalue weighted by molar-refractivity contribution is 0.0136. The van der Waals surface area contributed by atoms with Crippen LogP contribution in [0.2, 0.25) is 0 Å². The number of nitrogens with one attached hydrogen (secondary N) is 1. The minimum absolute atomic E-state index is 0.0379. The van der Waals surface area contributed by atoms with Crippen LogP contribution in [0.1, 0.15) is 30.1 Å². The Bertz CT molecular complexity index is 389. The van der Waals surface area contributed by atoms with Crippen LogP contribution in [0.15, 0.2) is 24.3 Å². The first-order chi connectivity index (χ1) is 8.15. The number of nitrogen functional groups attached to an aromatic ring is 1. The van der Waals surface area contributed by atoms with Crippen LogP contribution in [-0.4, -0.2) is 24.7 Å². The largest absolute Gasteiger partial charge is 0.399 e. The van der Waals surface area contributed by atoms with Gasteiger partial charge in [-0.15, -0.1) is 0 Å². The molecule has 1 aromatic carbocycles. The Morgan fingerprint density at radius 3 is 2.76 bits per heavy atom. The highest BCUT2D eigenvalue weighted by atomic mass is 16.5. The number of hydrogen-bond acceptors (Lipinski definition) is 3. The van der Waals surface area contributed by atoms with E-state index >= 15 is 0 Å². The molecule has 0 aliphatic carbocycles. The number of amides is 1. The number of anilines is 1. The summed E-state index contributed by atoms with van der Waals surface area (Å²) in [6.07, 6.45) is 1.98.